The zero-order chi connectivity index (χ0) is 36.9. The molecular formula is C38H52N8O6. The number of unbranched alkanes of at least 4 members (excludes halogenated alkanes) is 2. The Bertz CT molecular complexity index is 1710. The monoisotopic (exact) mass is 716 g/mol. The molecule has 14 nitrogen and oxygen atoms in total. The normalized spacial score (nSPS) is 15.0. The lowest BCUT2D eigenvalue weighted by molar-refractivity contribution is -0.140. The Hall–Kier alpha value is -4.66. The molecule has 2 aliphatic rings. The van der Waals surface area contributed by atoms with Gasteiger partial charge in [0, 0.05) is 77.2 Å². The summed E-state index contributed by atoms with van der Waals surface area (Å²) in [5, 5.41) is 3.47. The lowest BCUT2D eigenvalue weighted by Gasteiger charge is -2.35. The molecule has 0 aliphatic carbocycles. The molecule has 280 valence electrons. The number of hydrogen-bond acceptors (Lipinski definition) is 11. The number of nitrogen functional groups attached to an aromatic ring is 1. The van der Waals surface area contributed by atoms with Crippen molar-refractivity contribution in [1.29, 1.82) is 0 Å². The molecular weight excluding hydrogens is 664 g/mol. The maximum atomic E-state index is 12.8. The fraction of sp³-hybridized carbons (Fsp3) is 0.526. The van der Waals surface area contributed by atoms with E-state index in [-0.39, 0.29) is 30.6 Å². The number of anilines is 2. The van der Waals surface area contributed by atoms with E-state index in [1.807, 2.05) is 17.2 Å². The summed E-state index contributed by atoms with van der Waals surface area (Å²) in [6, 6.07) is 8.66. The number of imide groups is 1. The first-order valence-corrected chi connectivity index (χ1v) is 18.4. The number of hydrogen-bond donors (Lipinski definition) is 2. The van der Waals surface area contributed by atoms with Crippen LogP contribution in [0.3, 0.4) is 0 Å². The van der Waals surface area contributed by atoms with E-state index in [1.165, 1.54) is 28.8 Å². The van der Waals surface area contributed by atoms with Crippen LogP contribution < -0.4 is 11.1 Å². The Labute approximate surface area is 305 Å². The highest BCUT2D eigenvalue weighted by Crippen LogP contribution is 2.25. The van der Waals surface area contributed by atoms with E-state index >= 15 is 0 Å². The van der Waals surface area contributed by atoms with Gasteiger partial charge in [-0.3, -0.25) is 29.0 Å². The van der Waals surface area contributed by atoms with Crippen molar-refractivity contribution in [1.82, 2.24) is 29.2 Å². The molecule has 2 aliphatic heterocycles. The Balaban J connectivity index is 0.960. The molecule has 0 atom stereocenters. The van der Waals surface area contributed by atoms with Gasteiger partial charge in [-0.25, -0.2) is 4.98 Å². The van der Waals surface area contributed by atoms with Crippen molar-refractivity contribution in [3.63, 3.8) is 0 Å². The third kappa shape index (κ3) is 10.9. The maximum absolute atomic E-state index is 12.8. The molecule has 3 amide bonds. The number of nitrogens with two attached hydrogens (primary N) is 1. The number of aromatic nitrogens is 3. The number of ether oxygens (including phenoxy) is 2. The first-order valence-electron chi connectivity index (χ1n) is 18.4. The number of rotatable bonds is 21. The Morgan fingerprint density at radius 3 is 2.37 bits per heavy atom. The number of benzene rings is 1. The number of nitrogens with one attached hydrogen (secondary N) is 1. The first kappa shape index (κ1) is 38.6. The molecule has 0 saturated carbocycles. The molecule has 3 aromatic rings. The largest absolute Gasteiger partial charge is 0.379 e. The highest BCUT2D eigenvalue weighted by molar-refractivity contribution is 6.14. The second-order valence-corrected chi connectivity index (χ2v) is 13.4. The fourth-order valence-electron chi connectivity index (χ4n) is 6.45. The van der Waals surface area contributed by atoms with Gasteiger partial charge >= 0.3 is 0 Å². The second kappa shape index (κ2) is 19.3. The molecule has 14 heteroatoms. The molecule has 0 bridgehead atoms. The van der Waals surface area contributed by atoms with Gasteiger partial charge in [0.25, 0.3) is 11.8 Å². The number of amides is 3. The highest BCUT2D eigenvalue weighted by Gasteiger charge is 2.25. The van der Waals surface area contributed by atoms with Gasteiger partial charge in [0.1, 0.15) is 5.52 Å². The van der Waals surface area contributed by atoms with Crippen LogP contribution in [0.1, 0.15) is 62.1 Å². The van der Waals surface area contributed by atoms with Gasteiger partial charge in [-0.05, 0) is 42.5 Å². The highest BCUT2D eigenvalue weighted by atomic mass is 16.5. The van der Waals surface area contributed by atoms with E-state index in [0.717, 1.165) is 67.2 Å². The van der Waals surface area contributed by atoms with E-state index in [0.29, 0.717) is 58.9 Å². The lowest BCUT2D eigenvalue weighted by Crippen LogP contribution is -2.48. The van der Waals surface area contributed by atoms with Crippen molar-refractivity contribution in [2.75, 3.05) is 76.7 Å². The van der Waals surface area contributed by atoms with Gasteiger partial charge in [0.2, 0.25) is 11.9 Å². The van der Waals surface area contributed by atoms with Gasteiger partial charge in [0.15, 0.2) is 11.6 Å². The number of ketones is 1. The van der Waals surface area contributed by atoms with Crippen LogP contribution in [0.5, 0.6) is 0 Å². The van der Waals surface area contributed by atoms with Crippen molar-refractivity contribution in [3.05, 3.63) is 59.3 Å². The number of nitrogens with zero attached hydrogens (tertiary/aromatic N) is 6. The van der Waals surface area contributed by atoms with E-state index in [2.05, 4.69) is 56.8 Å². The number of Topliss-reactive ketones (excluding diaryl/α,β-unsaturated/α-hetero) is 1. The summed E-state index contributed by atoms with van der Waals surface area (Å²) < 4.78 is 13.3. The molecule has 52 heavy (non-hydrogen) atoms. The summed E-state index contributed by atoms with van der Waals surface area (Å²) >= 11 is 0. The molecule has 0 radical (unpaired) electrons. The summed E-state index contributed by atoms with van der Waals surface area (Å²) in [4.78, 5) is 62.1. The van der Waals surface area contributed by atoms with Gasteiger partial charge < -0.3 is 30.0 Å². The van der Waals surface area contributed by atoms with Crippen LogP contribution in [0.4, 0.5) is 11.8 Å². The zero-order valence-corrected chi connectivity index (χ0v) is 30.5. The molecule has 1 fully saturated rings. The smallest absolute Gasteiger partial charge is 0.254 e. The standard InChI is InChI=1S/C38H52N8O6/c1-3-4-5-14-40-37-36-32(41-38(39)42-37)12-15-45(36)26-30-9-8-29(24-28(30)2)25-43-16-18-44(19-17-43)33(48)13-21-52-23-22-51-20-6-7-31(47)27-46-34(49)10-11-35(46)50/h8-12,15,24H,3-7,13-14,16-23,25-27H2,1-2H3,(H3,39,40,41,42). The molecule has 1 aromatic carbocycles. The molecule has 5 rings (SSSR count). The Morgan fingerprint density at radius 2 is 1.63 bits per heavy atom. The Kier molecular flexibility index (Phi) is 14.3. The average Bonchev–Trinajstić information content (AvgIpc) is 3.68. The molecule has 0 unspecified atom stereocenters. The maximum Gasteiger partial charge on any atom is 0.254 e. The minimum absolute atomic E-state index is 0.0920. The van der Waals surface area contributed by atoms with Crippen LogP contribution in [-0.4, -0.2) is 118 Å². The first-order chi connectivity index (χ1) is 25.2. The predicted octanol–water partition coefficient (Wildman–Crippen LogP) is 3.31. The summed E-state index contributed by atoms with van der Waals surface area (Å²) in [5.74, 6) is 0.0481. The van der Waals surface area contributed by atoms with Crippen molar-refractivity contribution >= 4 is 46.3 Å². The van der Waals surface area contributed by atoms with Crippen LogP contribution in [0.2, 0.25) is 0 Å². The van der Waals surface area contributed by atoms with Crippen molar-refractivity contribution in [3.8, 4) is 0 Å². The zero-order valence-electron chi connectivity index (χ0n) is 30.5. The average molecular weight is 717 g/mol. The number of fused-ring (bicyclic) bond motifs is 1. The van der Waals surface area contributed by atoms with E-state index < -0.39 is 11.8 Å². The molecule has 0 spiro atoms. The van der Waals surface area contributed by atoms with Crippen LogP contribution in [0.15, 0.2) is 42.6 Å². The minimum atomic E-state index is -0.456. The summed E-state index contributed by atoms with van der Waals surface area (Å²) in [6.07, 6.45) is 8.83. The summed E-state index contributed by atoms with van der Waals surface area (Å²) in [7, 11) is 0. The van der Waals surface area contributed by atoms with Crippen molar-refractivity contribution in [2.24, 2.45) is 0 Å². The molecule has 1 saturated heterocycles. The second-order valence-electron chi connectivity index (χ2n) is 13.4. The van der Waals surface area contributed by atoms with E-state index in [4.69, 9.17) is 15.2 Å². The van der Waals surface area contributed by atoms with Gasteiger partial charge in [-0.2, -0.15) is 4.98 Å². The van der Waals surface area contributed by atoms with Crippen molar-refractivity contribution < 1.29 is 28.7 Å². The quantitative estimate of drug-likeness (QED) is 0.123. The van der Waals surface area contributed by atoms with Crippen LogP contribution in [-0.2, 0) is 41.7 Å². The number of carbonyl (C=O) groups excluding carboxylic acids is 4. The number of piperazine rings is 1. The Morgan fingerprint density at radius 1 is 0.885 bits per heavy atom. The summed E-state index contributed by atoms with van der Waals surface area (Å²) in [5.41, 5.74) is 11.5. The molecule has 3 N–H and O–H groups in total. The van der Waals surface area contributed by atoms with Crippen molar-refractivity contribution in [2.45, 2.75) is 65.5 Å². The fourth-order valence-corrected chi connectivity index (χ4v) is 6.45. The van der Waals surface area contributed by atoms with E-state index in [9.17, 15) is 19.2 Å². The predicted molar refractivity (Wildman–Crippen MR) is 198 cm³/mol. The number of aryl methyl sites for hydroxylation is 1. The van der Waals surface area contributed by atoms with E-state index in [1.54, 1.807) is 0 Å². The SMILES string of the molecule is CCCCCNc1nc(N)nc2ccn(Cc3ccc(CN4CCN(C(=O)CCOCCOCCCC(=O)CN5C(=O)C=CC5=O)CC4)cc3C)c12. The van der Waals surface area contributed by atoms with Crippen LogP contribution >= 0.6 is 0 Å². The van der Waals surface area contributed by atoms with Crippen LogP contribution in [0, 0.1) is 6.92 Å². The van der Waals surface area contributed by atoms with Gasteiger partial charge in [-0.15, -0.1) is 0 Å². The lowest BCUT2D eigenvalue weighted by atomic mass is 10.0. The third-order valence-electron chi connectivity index (χ3n) is 9.39. The number of carbonyl (C=O) groups is 4. The third-order valence-corrected chi connectivity index (χ3v) is 9.39. The molecule has 2 aromatic heterocycles. The van der Waals surface area contributed by atoms with Gasteiger partial charge in [-0.1, -0.05) is 38.0 Å². The molecule has 4 heterocycles. The van der Waals surface area contributed by atoms with Crippen LogP contribution in [0.25, 0.3) is 11.0 Å². The minimum Gasteiger partial charge on any atom is -0.379 e. The topological polar surface area (TPSA) is 165 Å². The summed E-state index contributed by atoms with van der Waals surface area (Å²) in [6.45, 7) is 11.0. The van der Waals surface area contributed by atoms with Gasteiger partial charge in [0.05, 0.1) is 38.3 Å².